The smallest absolute Gasteiger partial charge is 0.0701 e. The van der Waals surface area contributed by atoms with E-state index in [2.05, 4.69) is 5.43 Å². The zero-order valence-corrected chi connectivity index (χ0v) is 11.7. The first-order chi connectivity index (χ1) is 8.67. The minimum Gasteiger partial charge on any atom is -0.382 e. The Morgan fingerprint density at radius 2 is 2.17 bits per heavy atom. The minimum atomic E-state index is 0.0436. The molecule has 1 unspecified atom stereocenters. The van der Waals surface area contributed by atoms with Gasteiger partial charge in [-0.05, 0) is 30.5 Å². The Labute approximate surface area is 113 Å². The molecule has 3 N–H and O–H groups in total. The van der Waals surface area contributed by atoms with Crippen molar-refractivity contribution < 1.29 is 9.47 Å². The molecule has 1 aromatic rings. The molecule has 0 saturated carbocycles. The maximum absolute atomic E-state index is 6.18. The van der Waals surface area contributed by atoms with Crippen LogP contribution in [0.15, 0.2) is 18.2 Å². The third kappa shape index (κ3) is 5.33. The normalized spacial score (nSPS) is 12.7. The predicted molar refractivity (Wildman–Crippen MR) is 73.7 cm³/mol. The summed E-state index contributed by atoms with van der Waals surface area (Å²) in [5, 5.41) is 0.771. The molecular formula is C13H21ClN2O2. The lowest BCUT2D eigenvalue weighted by atomic mass is 10.1. The Bertz CT molecular complexity index is 361. The van der Waals surface area contributed by atoms with Crippen molar-refractivity contribution in [3.05, 3.63) is 34.3 Å². The van der Waals surface area contributed by atoms with Crippen LogP contribution >= 0.6 is 11.6 Å². The van der Waals surface area contributed by atoms with Gasteiger partial charge in [-0.2, -0.15) is 0 Å². The molecule has 0 aliphatic carbocycles. The number of nitrogens with two attached hydrogens (primary N) is 1. The van der Waals surface area contributed by atoms with Gasteiger partial charge in [0.05, 0.1) is 19.8 Å². The van der Waals surface area contributed by atoms with E-state index in [0.717, 1.165) is 22.6 Å². The first kappa shape index (κ1) is 15.4. The maximum atomic E-state index is 6.18. The topological polar surface area (TPSA) is 56.5 Å². The maximum Gasteiger partial charge on any atom is 0.0701 e. The standard InChI is InChI=1S/C13H21ClN2O2/c1-10-3-4-11(13(14)7-10)8-12(16-15)9-18-6-5-17-2/h3-4,7,12,16H,5-6,8-9,15H2,1-2H3. The summed E-state index contributed by atoms with van der Waals surface area (Å²) in [6, 6.07) is 6.07. The van der Waals surface area contributed by atoms with Crippen molar-refractivity contribution in [2.24, 2.45) is 5.84 Å². The molecule has 0 bridgehead atoms. The highest BCUT2D eigenvalue weighted by atomic mass is 35.5. The first-order valence-corrected chi connectivity index (χ1v) is 6.33. The number of hydrogen-bond donors (Lipinski definition) is 2. The second-order valence-electron chi connectivity index (χ2n) is 4.23. The molecule has 1 atom stereocenters. The summed E-state index contributed by atoms with van der Waals surface area (Å²) < 4.78 is 10.4. The van der Waals surface area contributed by atoms with Crippen LogP contribution in [0.4, 0.5) is 0 Å². The number of benzene rings is 1. The van der Waals surface area contributed by atoms with Crippen LogP contribution in [0.2, 0.25) is 5.02 Å². The number of nitrogens with one attached hydrogen (secondary N) is 1. The summed E-state index contributed by atoms with van der Waals surface area (Å²) in [5.74, 6) is 5.51. The summed E-state index contributed by atoms with van der Waals surface area (Å²) in [6.07, 6.45) is 0.739. The molecule has 0 aromatic heterocycles. The van der Waals surface area contributed by atoms with Crippen LogP contribution in [0.1, 0.15) is 11.1 Å². The zero-order chi connectivity index (χ0) is 13.4. The van der Waals surface area contributed by atoms with Gasteiger partial charge in [0.25, 0.3) is 0 Å². The van der Waals surface area contributed by atoms with Gasteiger partial charge in [-0.15, -0.1) is 0 Å². The van der Waals surface area contributed by atoms with E-state index in [-0.39, 0.29) is 6.04 Å². The van der Waals surface area contributed by atoms with E-state index < -0.39 is 0 Å². The highest BCUT2D eigenvalue weighted by Crippen LogP contribution is 2.19. The van der Waals surface area contributed by atoms with Crippen LogP contribution in [-0.2, 0) is 15.9 Å². The predicted octanol–water partition coefficient (Wildman–Crippen LogP) is 1.69. The SMILES string of the molecule is COCCOCC(Cc1ccc(C)cc1Cl)NN. The summed E-state index contributed by atoms with van der Waals surface area (Å²) in [6.45, 7) is 3.70. The van der Waals surface area contributed by atoms with E-state index in [0.29, 0.717) is 19.8 Å². The van der Waals surface area contributed by atoms with Crippen LogP contribution in [-0.4, -0.2) is 33.0 Å². The molecule has 102 valence electrons. The van der Waals surface area contributed by atoms with Gasteiger partial charge in [0.1, 0.15) is 0 Å². The van der Waals surface area contributed by atoms with Gasteiger partial charge in [-0.1, -0.05) is 23.7 Å². The Hall–Kier alpha value is -0.650. The molecule has 0 aliphatic heterocycles. The molecule has 5 heteroatoms. The number of aryl methyl sites for hydroxylation is 1. The van der Waals surface area contributed by atoms with Crippen molar-refractivity contribution >= 4 is 11.6 Å². The Kier molecular flexibility index (Phi) is 7.23. The molecule has 0 aliphatic rings. The van der Waals surface area contributed by atoms with Crippen molar-refractivity contribution in [3.63, 3.8) is 0 Å². The van der Waals surface area contributed by atoms with Crippen molar-refractivity contribution in [2.75, 3.05) is 26.9 Å². The second kappa shape index (κ2) is 8.45. The Morgan fingerprint density at radius 3 is 2.78 bits per heavy atom. The summed E-state index contributed by atoms with van der Waals surface area (Å²) in [5.41, 5.74) is 4.97. The molecule has 0 heterocycles. The number of halogens is 1. The quantitative estimate of drug-likeness (QED) is 0.430. The molecule has 1 aromatic carbocycles. The monoisotopic (exact) mass is 272 g/mol. The molecule has 0 amide bonds. The first-order valence-electron chi connectivity index (χ1n) is 5.95. The van der Waals surface area contributed by atoms with Crippen LogP contribution in [0.3, 0.4) is 0 Å². The second-order valence-corrected chi connectivity index (χ2v) is 4.64. The largest absolute Gasteiger partial charge is 0.382 e. The molecule has 0 saturated heterocycles. The van der Waals surface area contributed by atoms with Gasteiger partial charge in [-0.25, -0.2) is 0 Å². The lowest BCUT2D eigenvalue weighted by molar-refractivity contribution is 0.0587. The Morgan fingerprint density at radius 1 is 1.39 bits per heavy atom. The van der Waals surface area contributed by atoms with E-state index >= 15 is 0 Å². The number of rotatable bonds is 8. The lowest BCUT2D eigenvalue weighted by Crippen LogP contribution is -2.40. The molecule has 1 rings (SSSR count). The Balaban J connectivity index is 2.46. The average Bonchev–Trinajstić information content (AvgIpc) is 2.35. The van der Waals surface area contributed by atoms with Crippen molar-refractivity contribution in [2.45, 2.75) is 19.4 Å². The van der Waals surface area contributed by atoms with Crippen LogP contribution in [0, 0.1) is 6.92 Å². The fourth-order valence-electron chi connectivity index (χ4n) is 1.62. The molecule has 18 heavy (non-hydrogen) atoms. The molecule has 0 spiro atoms. The van der Waals surface area contributed by atoms with Crippen molar-refractivity contribution in [3.8, 4) is 0 Å². The molecule has 4 nitrogen and oxygen atoms in total. The van der Waals surface area contributed by atoms with E-state index in [1.807, 2.05) is 25.1 Å². The van der Waals surface area contributed by atoms with E-state index in [9.17, 15) is 0 Å². The molecule has 0 fully saturated rings. The van der Waals surface area contributed by atoms with Gasteiger partial charge in [-0.3, -0.25) is 11.3 Å². The highest BCUT2D eigenvalue weighted by molar-refractivity contribution is 6.31. The third-order valence-electron chi connectivity index (χ3n) is 2.66. The fraction of sp³-hybridized carbons (Fsp3) is 0.538. The third-order valence-corrected chi connectivity index (χ3v) is 3.01. The minimum absolute atomic E-state index is 0.0436. The fourth-order valence-corrected chi connectivity index (χ4v) is 1.93. The number of hydrazine groups is 1. The van der Waals surface area contributed by atoms with Gasteiger partial charge in [0.15, 0.2) is 0 Å². The summed E-state index contributed by atoms with van der Waals surface area (Å²) in [7, 11) is 1.65. The zero-order valence-electron chi connectivity index (χ0n) is 10.9. The number of ether oxygens (including phenoxy) is 2. The van der Waals surface area contributed by atoms with Crippen LogP contribution < -0.4 is 11.3 Å². The molecular weight excluding hydrogens is 252 g/mol. The van der Waals surface area contributed by atoms with E-state index in [4.69, 9.17) is 26.9 Å². The van der Waals surface area contributed by atoms with Gasteiger partial charge in [0, 0.05) is 18.2 Å². The van der Waals surface area contributed by atoms with Crippen LogP contribution in [0.5, 0.6) is 0 Å². The summed E-state index contributed by atoms with van der Waals surface area (Å²) in [4.78, 5) is 0. The summed E-state index contributed by atoms with van der Waals surface area (Å²) >= 11 is 6.18. The van der Waals surface area contributed by atoms with E-state index in [1.165, 1.54) is 0 Å². The highest BCUT2D eigenvalue weighted by Gasteiger charge is 2.10. The molecule has 0 radical (unpaired) electrons. The lowest BCUT2D eigenvalue weighted by Gasteiger charge is -2.17. The van der Waals surface area contributed by atoms with E-state index in [1.54, 1.807) is 7.11 Å². The average molecular weight is 273 g/mol. The van der Waals surface area contributed by atoms with Crippen molar-refractivity contribution in [1.82, 2.24) is 5.43 Å². The van der Waals surface area contributed by atoms with Gasteiger partial charge < -0.3 is 9.47 Å². The number of hydrogen-bond acceptors (Lipinski definition) is 4. The van der Waals surface area contributed by atoms with Gasteiger partial charge in [0.2, 0.25) is 0 Å². The van der Waals surface area contributed by atoms with Crippen LogP contribution in [0.25, 0.3) is 0 Å². The number of methoxy groups -OCH3 is 1. The van der Waals surface area contributed by atoms with Gasteiger partial charge >= 0.3 is 0 Å². The van der Waals surface area contributed by atoms with Crippen molar-refractivity contribution in [1.29, 1.82) is 0 Å².